The van der Waals surface area contributed by atoms with Gasteiger partial charge < -0.3 is 19.9 Å². The van der Waals surface area contributed by atoms with Crippen molar-refractivity contribution in [3.8, 4) is 5.75 Å². The summed E-state index contributed by atoms with van der Waals surface area (Å²) in [6.07, 6.45) is 3.58. The summed E-state index contributed by atoms with van der Waals surface area (Å²) >= 11 is 0. The van der Waals surface area contributed by atoms with Gasteiger partial charge in [-0.2, -0.15) is 0 Å². The molecule has 1 aliphatic rings. The van der Waals surface area contributed by atoms with Gasteiger partial charge in [0.15, 0.2) is 0 Å². The number of carbonyl (C=O) groups is 1. The number of methoxy groups -OCH3 is 1. The fourth-order valence-corrected chi connectivity index (χ4v) is 2.63. The van der Waals surface area contributed by atoms with E-state index in [2.05, 4.69) is 15.2 Å². The number of pyridine rings is 1. The van der Waals surface area contributed by atoms with Gasteiger partial charge in [-0.05, 0) is 24.3 Å². The highest BCUT2D eigenvalue weighted by atomic mass is 16.5. The lowest BCUT2D eigenvalue weighted by atomic mass is 10.2. The van der Waals surface area contributed by atoms with Crippen LogP contribution in [0.15, 0.2) is 48.8 Å². The molecule has 1 aromatic carbocycles. The first-order valence-electron chi connectivity index (χ1n) is 7.61. The van der Waals surface area contributed by atoms with E-state index in [1.165, 1.54) is 0 Å². The summed E-state index contributed by atoms with van der Waals surface area (Å²) in [5.41, 5.74) is 1.89. The van der Waals surface area contributed by atoms with Crippen LogP contribution in [0, 0.1) is 0 Å². The zero-order chi connectivity index (χ0) is 16.1. The van der Waals surface area contributed by atoms with Gasteiger partial charge in [0, 0.05) is 56.0 Å². The fraction of sp³-hybridized carbons (Fsp3) is 0.294. The summed E-state index contributed by atoms with van der Waals surface area (Å²) in [4.78, 5) is 20.5. The van der Waals surface area contributed by atoms with E-state index in [9.17, 15) is 4.79 Å². The van der Waals surface area contributed by atoms with Gasteiger partial charge in [-0.3, -0.25) is 4.98 Å². The Morgan fingerprint density at radius 2 is 1.87 bits per heavy atom. The summed E-state index contributed by atoms with van der Waals surface area (Å²) in [5.74, 6) is 0.727. The van der Waals surface area contributed by atoms with Gasteiger partial charge >= 0.3 is 6.03 Å². The molecule has 120 valence electrons. The van der Waals surface area contributed by atoms with Crippen LogP contribution >= 0.6 is 0 Å². The molecule has 0 spiro atoms. The summed E-state index contributed by atoms with van der Waals surface area (Å²) < 4.78 is 5.17. The van der Waals surface area contributed by atoms with Crippen LogP contribution < -0.4 is 15.0 Å². The number of aromatic nitrogens is 1. The Bertz CT molecular complexity index is 655. The standard InChI is InChI=1S/C17H20N4O2/c1-23-16-4-2-3-14(13-16)19-17(22)21-11-9-20(10-12-21)15-5-7-18-8-6-15/h2-8,13H,9-12H2,1H3,(H,19,22). The lowest BCUT2D eigenvalue weighted by Crippen LogP contribution is -2.50. The number of rotatable bonds is 3. The zero-order valence-electron chi connectivity index (χ0n) is 13.1. The van der Waals surface area contributed by atoms with Crippen molar-refractivity contribution < 1.29 is 9.53 Å². The van der Waals surface area contributed by atoms with Crippen molar-refractivity contribution in [2.45, 2.75) is 0 Å². The molecule has 6 nitrogen and oxygen atoms in total. The molecule has 2 aromatic rings. The zero-order valence-corrected chi connectivity index (χ0v) is 13.1. The maximum Gasteiger partial charge on any atom is 0.321 e. The van der Waals surface area contributed by atoms with Crippen molar-refractivity contribution in [3.05, 3.63) is 48.8 Å². The number of piperazine rings is 1. The number of anilines is 2. The predicted molar refractivity (Wildman–Crippen MR) is 90.0 cm³/mol. The van der Waals surface area contributed by atoms with Crippen LogP contribution in [-0.2, 0) is 0 Å². The minimum atomic E-state index is -0.0763. The number of nitrogens with zero attached hydrogens (tertiary/aromatic N) is 3. The topological polar surface area (TPSA) is 57.7 Å². The van der Waals surface area contributed by atoms with Crippen molar-refractivity contribution in [2.24, 2.45) is 0 Å². The molecule has 0 bridgehead atoms. The number of amides is 2. The summed E-state index contributed by atoms with van der Waals surface area (Å²) in [7, 11) is 1.61. The molecule has 3 rings (SSSR count). The Morgan fingerprint density at radius 3 is 2.57 bits per heavy atom. The summed E-state index contributed by atoms with van der Waals surface area (Å²) in [6, 6.07) is 11.3. The normalized spacial score (nSPS) is 14.5. The Kier molecular flexibility index (Phi) is 4.61. The average molecular weight is 312 g/mol. The van der Waals surface area contributed by atoms with Gasteiger partial charge in [-0.25, -0.2) is 4.79 Å². The van der Waals surface area contributed by atoms with Crippen molar-refractivity contribution in [1.29, 1.82) is 0 Å². The summed E-state index contributed by atoms with van der Waals surface area (Å²) in [5, 5.41) is 2.92. The minimum Gasteiger partial charge on any atom is -0.497 e. The lowest BCUT2D eigenvalue weighted by Gasteiger charge is -2.36. The average Bonchev–Trinajstić information content (AvgIpc) is 2.63. The Labute approximate surface area is 135 Å². The largest absolute Gasteiger partial charge is 0.497 e. The van der Waals surface area contributed by atoms with E-state index < -0.39 is 0 Å². The smallest absolute Gasteiger partial charge is 0.321 e. The molecule has 2 heterocycles. The molecule has 1 fully saturated rings. The highest BCUT2D eigenvalue weighted by Gasteiger charge is 2.21. The molecule has 1 saturated heterocycles. The second kappa shape index (κ2) is 7.00. The predicted octanol–water partition coefficient (Wildman–Crippen LogP) is 2.44. The number of nitrogens with one attached hydrogen (secondary N) is 1. The van der Waals surface area contributed by atoms with E-state index in [0.717, 1.165) is 30.2 Å². The molecule has 23 heavy (non-hydrogen) atoms. The number of ether oxygens (including phenoxy) is 1. The van der Waals surface area contributed by atoms with Crippen molar-refractivity contribution in [1.82, 2.24) is 9.88 Å². The van der Waals surface area contributed by atoms with E-state index in [1.807, 2.05) is 41.3 Å². The Morgan fingerprint density at radius 1 is 1.13 bits per heavy atom. The van der Waals surface area contributed by atoms with Crippen LogP contribution in [0.25, 0.3) is 0 Å². The first kappa shape index (κ1) is 15.1. The molecule has 0 aliphatic carbocycles. The molecular weight excluding hydrogens is 292 g/mol. The van der Waals surface area contributed by atoms with E-state index in [1.54, 1.807) is 19.5 Å². The molecule has 1 N–H and O–H groups in total. The minimum absolute atomic E-state index is 0.0763. The van der Waals surface area contributed by atoms with Gasteiger partial charge in [-0.1, -0.05) is 6.07 Å². The highest BCUT2D eigenvalue weighted by Crippen LogP contribution is 2.18. The van der Waals surface area contributed by atoms with Crippen LogP contribution in [0.2, 0.25) is 0 Å². The van der Waals surface area contributed by atoms with E-state index in [4.69, 9.17) is 4.74 Å². The first-order chi connectivity index (χ1) is 11.3. The quantitative estimate of drug-likeness (QED) is 0.946. The highest BCUT2D eigenvalue weighted by molar-refractivity contribution is 5.89. The third-order valence-electron chi connectivity index (χ3n) is 3.92. The Balaban J connectivity index is 1.56. The fourth-order valence-electron chi connectivity index (χ4n) is 2.63. The summed E-state index contributed by atoms with van der Waals surface area (Å²) in [6.45, 7) is 3.02. The number of hydrogen-bond donors (Lipinski definition) is 1. The lowest BCUT2D eigenvalue weighted by molar-refractivity contribution is 0.208. The third kappa shape index (κ3) is 3.71. The van der Waals surface area contributed by atoms with Crippen molar-refractivity contribution in [3.63, 3.8) is 0 Å². The molecule has 6 heteroatoms. The number of urea groups is 1. The third-order valence-corrected chi connectivity index (χ3v) is 3.92. The molecule has 1 aromatic heterocycles. The van der Waals surface area contributed by atoms with Crippen LogP contribution in [0.5, 0.6) is 5.75 Å². The SMILES string of the molecule is COc1cccc(NC(=O)N2CCN(c3ccncc3)CC2)c1. The number of hydrogen-bond acceptors (Lipinski definition) is 4. The van der Waals surface area contributed by atoms with E-state index >= 15 is 0 Å². The first-order valence-corrected chi connectivity index (χ1v) is 7.61. The maximum atomic E-state index is 12.4. The van der Waals surface area contributed by atoms with Gasteiger partial charge in [0.1, 0.15) is 5.75 Å². The maximum absolute atomic E-state index is 12.4. The van der Waals surface area contributed by atoms with Crippen LogP contribution in [0.3, 0.4) is 0 Å². The van der Waals surface area contributed by atoms with E-state index in [-0.39, 0.29) is 6.03 Å². The molecule has 0 saturated carbocycles. The monoisotopic (exact) mass is 312 g/mol. The van der Waals surface area contributed by atoms with Gasteiger partial charge in [0.05, 0.1) is 7.11 Å². The van der Waals surface area contributed by atoms with Gasteiger partial charge in [0.2, 0.25) is 0 Å². The van der Waals surface area contributed by atoms with Crippen molar-refractivity contribution in [2.75, 3.05) is 43.5 Å². The molecule has 2 amide bonds. The second-order valence-corrected chi connectivity index (χ2v) is 5.34. The molecular formula is C17H20N4O2. The van der Waals surface area contributed by atoms with Crippen molar-refractivity contribution >= 4 is 17.4 Å². The number of benzene rings is 1. The van der Waals surface area contributed by atoms with Crippen LogP contribution in [0.4, 0.5) is 16.2 Å². The van der Waals surface area contributed by atoms with Crippen LogP contribution in [0.1, 0.15) is 0 Å². The number of carbonyl (C=O) groups excluding carboxylic acids is 1. The Hall–Kier alpha value is -2.76. The van der Waals surface area contributed by atoms with Gasteiger partial charge in [-0.15, -0.1) is 0 Å². The molecule has 0 atom stereocenters. The molecule has 1 aliphatic heterocycles. The second-order valence-electron chi connectivity index (χ2n) is 5.34. The molecule has 0 unspecified atom stereocenters. The van der Waals surface area contributed by atoms with E-state index in [0.29, 0.717) is 13.1 Å². The molecule has 0 radical (unpaired) electrons. The van der Waals surface area contributed by atoms with Gasteiger partial charge in [0.25, 0.3) is 0 Å². The van der Waals surface area contributed by atoms with Crippen LogP contribution in [-0.4, -0.2) is 49.2 Å².